The summed E-state index contributed by atoms with van der Waals surface area (Å²) in [7, 11) is 0. The van der Waals surface area contributed by atoms with E-state index in [4.69, 9.17) is 9.84 Å². The van der Waals surface area contributed by atoms with E-state index >= 15 is 0 Å². The summed E-state index contributed by atoms with van der Waals surface area (Å²) in [6.07, 6.45) is 2.25. The molecule has 0 saturated carbocycles. The van der Waals surface area contributed by atoms with Crippen LogP contribution in [0.4, 0.5) is 22.1 Å². The smallest absolute Gasteiger partial charge is 0.329 e. The molecule has 11 nitrogen and oxygen atoms in total. The first kappa shape index (κ1) is 23.7. The number of nitrogens with zero attached hydrogens (tertiary/aromatic N) is 4. The third-order valence-electron chi connectivity index (χ3n) is 5.68. The summed E-state index contributed by atoms with van der Waals surface area (Å²) < 4.78 is 5.44. The molecular formula is C23H30N6O5. The second-order valence-corrected chi connectivity index (χ2v) is 8.73. The summed E-state index contributed by atoms with van der Waals surface area (Å²) in [6.45, 7) is 4.82. The van der Waals surface area contributed by atoms with Gasteiger partial charge in [-0.3, -0.25) is 15.0 Å². The van der Waals surface area contributed by atoms with Crippen LogP contribution in [-0.2, 0) is 0 Å². The zero-order valence-corrected chi connectivity index (χ0v) is 19.3. The average Bonchev–Trinajstić information content (AvgIpc) is 2.82. The average molecular weight is 471 g/mol. The van der Waals surface area contributed by atoms with E-state index < -0.39 is 18.7 Å². The van der Waals surface area contributed by atoms with Gasteiger partial charge in [0.05, 0.1) is 18.3 Å². The molecule has 2 aromatic rings. The number of fused-ring (bicyclic) bond motifs is 4. The van der Waals surface area contributed by atoms with Crippen LogP contribution < -0.4 is 25.2 Å². The zero-order chi connectivity index (χ0) is 24.2. The van der Waals surface area contributed by atoms with Crippen molar-refractivity contribution in [3.8, 4) is 5.75 Å². The predicted molar refractivity (Wildman–Crippen MR) is 126 cm³/mol. The molecule has 182 valence electrons. The Morgan fingerprint density at radius 3 is 2.88 bits per heavy atom. The number of carbonyl (C=O) groups is 2. The Hall–Kier alpha value is -3.44. The molecule has 0 aromatic carbocycles. The normalized spacial score (nSPS) is 17.7. The van der Waals surface area contributed by atoms with Crippen LogP contribution in [0.1, 0.15) is 37.2 Å². The fourth-order valence-electron chi connectivity index (χ4n) is 4.13. The van der Waals surface area contributed by atoms with Crippen LogP contribution >= 0.6 is 0 Å². The molecule has 2 aliphatic rings. The molecule has 1 saturated heterocycles. The van der Waals surface area contributed by atoms with Crippen molar-refractivity contribution < 1.29 is 24.5 Å². The van der Waals surface area contributed by atoms with E-state index in [-0.39, 0.29) is 36.1 Å². The van der Waals surface area contributed by atoms with Gasteiger partial charge in [0.25, 0.3) is 5.91 Å². The van der Waals surface area contributed by atoms with Crippen molar-refractivity contribution >= 4 is 29.3 Å². The maximum absolute atomic E-state index is 13.4. The number of hydrogen-bond acceptors (Lipinski definition) is 8. The van der Waals surface area contributed by atoms with Gasteiger partial charge in [-0.15, -0.1) is 0 Å². The van der Waals surface area contributed by atoms with Gasteiger partial charge in [0.15, 0.2) is 5.82 Å². The quantitative estimate of drug-likeness (QED) is 0.476. The molecule has 0 radical (unpaired) electrons. The Morgan fingerprint density at radius 2 is 2.12 bits per heavy atom. The standard InChI is InChI=1S/C23H30N6O5/c1-14(2)25-22(32)18-5-6-19-21(26-18)29(15-4-3-9-28(19)11-15)23(33)27-20-10-17(7-8-24-20)34-13-16(31)12-30/h5-8,10,14-16,30-31H,3-4,9,11-13H2,1-2H3,(H,25,32)(H,24,27,33)/t15-,16+/m0/s1. The highest BCUT2D eigenvalue weighted by Gasteiger charge is 2.38. The maximum atomic E-state index is 13.4. The third-order valence-corrected chi connectivity index (χ3v) is 5.68. The molecule has 11 heteroatoms. The number of ether oxygens (including phenoxy) is 1. The van der Waals surface area contributed by atoms with Gasteiger partial charge < -0.3 is 25.2 Å². The minimum atomic E-state index is -1.00. The maximum Gasteiger partial charge on any atom is 0.329 e. The van der Waals surface area contributed by atoms with Gasteiger partial charge >= 0.3 is 6.03 Å². The Kier molecular flexibility index (Phi) is 7.13. The summed E-state index contributed by atoms with van der Waals surface area (Å²) in [5, 5.41) is 24.1. The number of urea groups is 1. The third kappa shape index (κ3) is 5.20. The van der Waals surface area contributed by atoms with Crippen molar-refractivity contribution in [1.29, 1.82) is 0 Å². The van der Waals surface area contributed by atoms with Crippen LogP contribution in [0.25, 0.3) is 0 Å². The molecule has 0 aliphatic carbocycles. The lowest BCUT2D eigenvalue weighted by Gasteiger charge is -2.45. The minimum absolute atomic E-state index is 0.0353. The second-order valence-electron chi connectivity index (χ2n) is 8.73. The number of aromatic nitrogens is 2. The highest BCUT2D eigenvalue weighted by Crippen LogP contribution is 2.38. The molecule has 4 N–H and O–H groups in total. The first-order valence-corrected chi connectivity index (χ1v) is 11.4. The number of anilines is 3. The Morgan fingerprint density at radius 1 is 1.29 bits per heavy atom. The van der Waals surface area contributed by atoms with E-state index in [1.165, 1.54) is 6.20 Å². The highest BCUT2D eigenvalue weighted by molar-refractivity contribution is 6.04. The lowest BCUT2D eigenvalue weighted by molar-refractivity contribution is 0.0536. The largest absolute Gasteiger partial charge is 0.491 e. The molecule has 4 heterocycles. The van der Waals surface area contributed by atoms with Crippen LogP contribution in [0.3, 0.4) is 0 Å². The van der Waals surface area contributed by atoms with Crippen LogP contribution in [0.2, 0.25) is 0 Å². The Labute approximate surface area is 197 Å². The summed E-state index contributed by atoms with van der Waals surface area (Å²) in [6, 6.07) is 6.14. The lowest BCUT2D eigenvalue weighted by Crippen LogP contribution is -2.56. The number of aliphatic hydroxyl groups is 2. The molecule has 2 aromatic heterocycles. The number of pyridine rings is 2. The summed E-state index contributed by atoms with van der Waals surface area (Å²) in [4.78, 5) is 38.6. The first-order valence-electron chi connectivity index (χ1n) is 11.4. The van der Waals surface area contributed by atoms with Crippen LogP contribution in [0, 0.1) is 0 Å². The van der Waals surface area contributed by atoms with Gasteiger partial charge in [-0.25, -0.2) is 14.8 Å². The lowest BCUT2D eigenvalue weighted by atomic mass is 9.99. The van der Waals surface area contributed by atoms with Crippen molar-refractivity contribution in [3.63, 3.8) is 0 Å². The highest BCUT2D eigenvalue weighted by atomic mass is 16.5. The van der Waals surface area contributed by atoms with Crippen molar-refractivity contribution in [2.75, 3.05) is 41.4 Å². The monoisotopic (exact) mass is 470 g/mol. The molecule has 3 amide bonds. The van der Waals surface area contributed by atoms with Gasteiger partial charge in [-0.05, 0) is 44.9 Å². The van der Waals surface area contributed by atoms with Crippen LogP contribution in [-0.4, -0.2) is 76.6 Å². The molecule has 1 fully saturated rings. The van der Waals surface area contributed by atoms with Crippen molar-refractivity contribution in [3.05, 3.63) is 36.2 Å². The molecule has 2 atom stereocenters. The summed E-state index contributed by atoms with van der Waals surface area (Å²) in [5.74, 6) is 0.824. The topological polar surface area (TPSA) is 140 Å². The minimum Gasteiger partial charge on any atom is -0.491 e. The fourth-order valence-corrected chi connectivity index (χ4v) is 4.13. The van der Waals surface area contributed by atoms with E-state index in [2.05, 4.69) is 25.5 Å². The Bertz CT molecular complexity index is 1050. The number of aliphatic hydroxyl groups excluding tert-OH is 2. The SMILES string of the molecule is CC(C)NC(=O)c1ccc2c(n1)N(C(=O)Nc1cc(OC[C@H](O)CO)ccn1)[C@H]1CCCN2C1. The first-order chi connectivity index (χ1) is 16.4. The van der Waals surface area contributed by atoms with Crippen molar-refractivity contribution in [2.24, 2.45) is 0 Å². The van der Waals surface area contributed by atoms with E-state index in [0.29, 0.717) is 18.1 Å². The van der Waals surface area contributed by atoms with E-state index in [1.807, 2.05) is 19.9 Å². The number of rotatable bonds is 7. The molecule has 34 heavy (non-hydrogen) atoms. The van der Waals surface area contributed by atoms with Gasteiger partial charge in [-0.2, -0.15) is 0 Å². The second kappa shape index (κ2) is 10.2. The Balaban J connectivity index is 1.58. The van der Waals surface area contributed by atoms with E-state index in [1.54, 1.807) is 23.1 Å². The van der Waals surface area contributed by atoms with Gasteiger partial charge in [0, 0.05) is 31.4 Å². The van der Waals surface area contributed by atoms with Gasteiger partial charge in [0.1, 0.15) is 30.0 Å². The number of nitrogens with one attached hydrogen (secondary N) is 2. The number of piperidine rings is 1. The molecule has 2 bridgehead atoms. The summed E-state index contributed by atoms with van der Waals surface area (Å²) >= 11 is 0. The van der Waals surface area contributed by atoms with E-state index in [0.717, 1.165) is 25.1 Å². The van der Waals surface area contributed by atoms with Crippen LogP contribution in [0.15, 0.2) is 30.5 Å². The molecule has 4 rings (SSSR count). The van der Waals surface area contributed by atoms with E-state index in [9.17, 15) is 14.7 Å². The van der Waals surface area contributed by atoms with Crippen molar-refractivity contribution in [2.45, 2.75) is 44.9 Å². The zero-order valence-electron chi connectivity index (χ0n) is 19.3. The van der Waals surface area contributed by atoms with Gasteiger partial charge in [0.2, 0.25) is 0 Å². The fraction of sp³-hybridized carbons (Fsp3) is 0.478. The number of amides is 3. The molecule has 0 unspecified atom stereocenters. The molecule has 0 spiro atoms. The van der Waals surface area contributed by atoms with Crippen LogP contribution in [0.5, 0.6) is 5.75 Å². The number of hydrogen-bond donors (Lipinski definition) is 4. The van der Waals surface area contributed by atoms with Crippen molar-refractivity contribution in [1.82, 2.24) is 15.3 Å². The molecule has 2 aliphatic heterocycles. The predicted octanol–water partition coefficient (Wildman–Crippen LogP) is 1.37. The van der Waals surface area contributed by atoms with Gasteiger partial charge in [-0.1, -0.05) is 0 Å². The number of carbonyl (C=O) groups excluding carboxylic acids is 2. The molecular weight excluding hydrogens is 440 g/mol. The summed E-state index contributed by atoms with van der Waals surface area (Å²) in [5.41, 5.74) is 1.07.